The van der Waals surface area contributed by atoms with Crippen molar-refractivity contribution in [2.24, 2.45) is 5.73 Å². The second kappa shape index (κ2) is 7.97. The fraction of sp³-hybridized carbons (Fsp3) is 0.545. The van der Waals surface area contributed by atoms with E-state index < -0.39 is 0 Å². The Labute approximate surface area is 115 Å². The van der Waals surface area contributed by atoms with Gasteiger partial charge in [-0.25, -0.2) is 0 Å². The fourth-order valence-electron chi connectivity index (χ4n) is 1.26. The van der Waals surface area contributed by atoms with E-state index in [1.807, 2.05) is 19.1 Å². The Bertz CT molecular complexity index is 357. The van der Waals surface area contributed by atoms with E-state index >= 15 is 0 Å². The molecule has 0 aliphatic rings. The van der Waals surface area contributed by atoms with Crippen LogP contribution in [0.25, 0.3) is 0 Å². The van der Waals surface area contributed by atoms with Gasteiger partial charge in [0.25, 0.3) is 0 Å². The highest BCUT2D eigenvalue weighted by atomic mass is 35.5. The summed E-state index contributed by atoms with van der Waals surface area (Å²) in [6.07, 6.45) is 0.956. The van der Waals surface area contributed by atoms with E-state index in [1.54, 1.807) is 11.8 Å². The molecule has 1 unspecified atom stereocenters. The number of nitrogens with two attached hydrogens (primary N) is 1. The molecule has 0 radical (unpaired) electrons. The average molecular weight is 293 g/mol. The SMILES string of the molecule is CCCNC(=O)CSC(CN)c1ccc(Cl)s1. The normalized spacial score (nSPS) is 12.4. The lowest BCUT2D eigenvalue weighted by molar-refractivity contribution is -0.118. The third-order valence-electron chi connectivity index (χ3n) is 2.11. The number of carbonyl (C=O) groups is 1. The van der Waals surface area contributed by atoms with Gasteiger partial charge in [0, 0.05) is 18.0 Å². The topological polar surface area (TPSA) is 55.1 Å². The first-order chi connectivity index (χ1) is 8.17. The summed E-state index contributed by atoms with van der Waals surface area (Å²) in [5.41, 5.74) is 5.71. The summed E-state index contributed by atoms with van der Waals surface area (Å²) in [5, 5.41) is 3.00. The lowest BCUT2D eigenvalue weighted by atomic mass is 10.3. The van der Waals surface area contributed by atoms with E-state index in [1.165, 1.54) is 11.3 Å². The van der Waals surface area contributed by atoms with Crippen molar-refractivity contribution in [3.8, 4) is 0 Å². The number of amides is 1. The molecule has 17 heavy (non-hydrogen) atoms. The number of carbonyl (C=O) groups excluding carboxylic acids is 1. The van der Waals surface area contributed by atoms with Gasteiger partial charge >= 0.3 is 0 Å². The second-order valence-corrected chi connectivity index (χ2v) is 6.46. The smallest absolute Gasteiger partial charge is 0.230 e. The summed E-state index contributed by atoms with van der Waals surface area (Å²) in [7, 11) is 0. The molecule has 0 saturated heterocycles. The number of thioether (sulfide) groups is 1. The summed E-state index contributed by atoms with van der Waals surface area (Å²) < 4.78 is 0.759. The van der Waals surface area contributed by atoms with E-state index in [9.17, 15) is 4.79 Å². The van der Waals surface area contributed by atoms with Gasteiger partial charge in [-0.3, -0.25) is 4.79 Å². The van der Waals surface area contributed by atoms with E-state index in [4.69, 9.17) is 17.3 Å². The molecular weight excluding hydrogens is 276 g/mol. The molecule has 1 rings (SSSR count). The molecule has 0 aliphatic heterocycles. The van der Waals surface area contributed by atoms with Crippen LogP contribution in [0.2, 0.25) is 4.34 Å². The minimum absolute atomic E-state index is 0.0675. The summed E-state index contributed by atoms with van der Waals surface area (Å²) in [5.74, 6) is 0.509. The fourth-order valence-corrected chi connectivity index (χ4v) is 3.50. The van der Waals surface area contributed by atoms with Crippen LogP contribution in [-0.4, -0.2) is 24.7 Å². The maximum Gasteiger partial charge on any atom is 0.230 e. The Kier molecular flexibility index (Phi) is 6.96. The number of hydrogen-bond donors (Lipinski definition) is 2. The second-order valence-electron chi connectivity index (χ2n) is 3.53. The zero-order chi connectivity index (χ0) is 12.7. The predicted molar refractivity (Wildman–Crippen MR) is 76.9 cm³/mol. The Balaban J connectivity index is 2.40. The van der Waals surface area contributed by atoms with E-state index in [-0.39, 0.29) is 11.2 Å². The molecule has 0 bridgehead atoms. The standard InChI is InChI=1S/C11H17ClN2OS2/c1-2-5-14-11(15)7-16-9(6-13)8-3-4-10(12)17-8/h3-4,9H,2,5-7,13H2,1H3,(H,14,15). The van der Waals surface area contributed by atoms with Gasteiger partial charge in [0.2, 0.25) is 5.91 Å². The molecule has 1 atom stereocenters. The number of hydrogen-bond acceptors (Lipinski definition) is 4. The van der Waals surface area contributed by atoms with Crippen molar-refractivity contribution in [1.82, 2.24) is 5.32 Å². The van der Waals surface area contributed by atoms with E-state index in [0.717, 1.165) is 22.2 Å². The zero-order valence-corrected chi connectivity index (χ0v) is 12.1. The summed E-state index contributed by atoms with van der Waals surface area (Å²) in [6, 6.07) is 3.84. The first-order valence-corrected chi connectivity index (χ1v) is 7.75. The molecule has 6 heteroatoms. The Morgan fingerprint density at radius 1 is 1.65 bits per heavy atom. The molecule has 1 heterocycles. The highest BCUT2D eigenvalue weighted by molar-refractivity contribution is 8.00. The molecule has 0 saturated carbocycles. The molecular formula is C11H17ClN2OS2. The number of thiophene rings is 1. The highest BCUT2D eigenvalue weighted by Crippen LogP contribution is 2.34. The minimum Gasteiger partial charge on any atom is -0.355 e. The Hall–Kier alpha value is -0.230. The van der Waals surface area contributed by atoms with Crippen molar-refractivity contribution in [1.29, 1.82) is 0 Å². The van der Waals surface area contributed by atoms with Crippen LogP contribution in [0.4, 0.5) is 0 Å². The first-order valence-electron chi connectivity index (χ1n) is 5.51. The zero-order valence-electron chi connectivity index (χ0n) is 9.74. The van der Waals surface area contributed by atoms with Crippen molar-refractivity contribution in [2.75, 3.05) is 18.8 Å². The van der Waals surface area contributed by atoms with Crippen LogP contribution in [0.1, 0.15) is 23.5 Å². The molecule has 0 spiro atoms. The molecule has 0 aromatic carbocycles. The monoisotopic (exact) mass is 292 g/mol. The third-order valence-corrected chi connectivity index (χ3v) is 4.88. The quantitative estimate of drug-likeness (QED) is 0.812. The maximum atomic E-state index is 11.5. The first kappa shape index (κ1) is 14.8. The maximum absolute atomic E-state index is 11.5. The summed E-state index contributed by atoms with van der Waals surface area (Å²) in [4.78, 5) is 12.6. The van der Waals surface area contributed by atoms with Crippen LogP contribution >= 0.6 is 34.7 Å². The molecule has 0 fully saturated rings. The third kappa shape index (κ3) is 5.29. The van der Waals surface area contributed by atoms with Gasteiger partial charge < -0.3 is 11.1 Å². The van der Waals surface area contributed by atoms with Crippen molar-refractivity contribution < 1.29 is 4.79 Å². The van der Waals surface area contributed by atoms with Crippen LogP contribution in [0.3, 0.4) is 0 Å². The van der Waals surface area contributed by atoms with Crippen LogP contribution in [0.5, 0.6) is 0 Å². The number of halogens is 1. The molecule has 96 valence electrons. The Morgan fingerprint density at radius 3 is 2.94 bits per heavy atom. The van der Waals surface area contributed by atoms with Gasteiger partial charge in [-0.2, -0.15) is 0 Å². The summed E-state index contributed by atoms with van der Waals surface area (Å²) >= 11 is 8.97. The van der Waals surface area contributed by atoms with Gasteiger partial charge in [0.05, 0.1) is 15.3 Å². The van der Waals surface area contributed by atoms with Gasteiger partial charge in [-0.05, 0) is 18.6 Å². The largest absolute Gasteiger partial charge is 0.355 e. The molecule has 1 aromatic rings. The molecule has 3 N–H and O–H groups in total. The van der Waals surface area contributed by atoms with Crippen LogP contribution in [0, 0.1) is 0 Å². The van der Waals surface area contributed by atoms with Gasteiger partial charge in [-0.1, -0.05) is 18.5 Å². The van der Waals surface area contributed by atoms with Gasteiger partial charge in [0.1, 0.15) is 0 Å². The molecule has 3 nitrogen and oxygen atoms in total. The van der Waals surface area contributed by atoms with Crippen molar-refractivity contribution >= 4 is 40.6 Å². The van der Waals surface area contributed by atoms with Crippen molar-refractivity contribution in [2.45, 2.75) is 18.6 Å². The van der Waals surface area contributed by atoms with Crippen molar-refractivity contribution in [3.05, 3.63) is 21.3 Å². The predicted octanol–water partition coefficient (Wildman–Crippen LogP) is 2.66. The lowest BCUT2D eigenvalue weighted by Crippen LogP contribution is -2.26. The van der Waals surface area contributed by atoms with Gasteiger partial charge in [0.15, 0.2) is 0 Å². The van der Waals surface area contributed by atoms with E-state index in [0.29, 0.717) is 12.3 Å². The van der Waals surface area contributed by atoms with Crippen LogP contribution in [-0.2, 0) is 4.79 Å². The minimum atomic E-state index is 0.0675. The summed E-state index contributed by atoms with van der Waals surface area (Å²) in [6.45, 7) is 3.28. The lowest BCUT2D eigenvalue weighted by Gasteiger charge is -2.12. The molecule has 1 aromatic heterocycles. The van der Waals surface area contributed by atoms with Gasteiger partial charge in [-0.15, -0.1) is 23.1 Å². The van der Waals surface area contributed by atoms with E-state index in [2.05, 4.69) is 5.32 Å². The van der Waals surface area contributed by atoms with Crippen LogP contribution in [0.15, 0.2) is 12.1 Å². The Morgan fingerprint density at radius 2 is 2.41 bits per heavy atom. The highest BCUT2D eigenvalue weighted by Gasteiger charge is 2.14. The molecule has 1 amide bonds. The van der Waals surface area contributed by atoms with Crippen LogP contribution < -0.4 is 11.1 Å². The molecule has 0 aliphatic carbocycles. The average Bonchev–Trinajstić information content (AvgIpc) is 2.74. The number of nitrogens with one attached hydrogen (secondary N) is 1. The van der Waals surface area contributed by atoms with Crippen molar-refractivity contribution in [3.63, 3.8) is 0 Å². The number of rotatable bonds is 7.